The predicted molar refractivity (Wildman–Crippen MR) is 135 cm³/mol. The summed E-state index contributed by atoms with van der Waals surface area (Å²) in [6.45, 7) is 5.03. The molecule has 3 heterocycles. The summed E-state index contributed by atoms with van der Waals surface area (Å²) in [5, 5.41) is 15.6. The van der Waals surface area contributed by atoms with Crippen LogP contribution in [0.1, 0.15) is 25.8 Å². The summed E-state index contributed by atoms with van der Waals surface area (Å²) in [6.07, 6.45) is 1.42. The SMILES string of the molecule is Cc1cc(N=S2(=O)CCC2)cc2ncnc(Nc3ccc(Cl)nc3O[C@H](C)C(=O)N[C@@H](C)C#N)c12. The highest BCUT2D eigenvalue weighted by Crippen LogP contribution is 2.34. The van der Waals surface area contributed by atoms with Gasteiger partial charge in [0.1, 0.15) is 29.0 Å². The van der Waals surface area contributed by atoms with Crippen LogP contribution in [0.4, 0.5) is 17.2 Å². The number of carbonyl (C=O) groups excluding carboxylic acids is 1. The van der Waals surface area contributed by atoms with Gasteiger partial charge in [-0.1, -0.05) is 11.6 Å². The molecule has 0 unspecified atom stereocenters. The van der Waals surface area contributed by atoms with Crippen molar-refractivity contribution in [2.24, 2.45) is 4.36 Å². The van der Waals surface area contributed by atoms with Gasteiger partial charge in [0, 0.05) is 16.9 Å². The molecule has 1 aromatic carbocycles. The minimum atomic E-state index is -2.15. The summed E-state index contributed by atoms with van der Waals surface area (Å²) in [5.41, 5.74) is 2.57. The smallest absolute Gasteiger partial charge is 0.261 e. The molecule has 0 aliphatic carbocycles. The number of pyridine rings is 1. The Morgan fingerprint density at radius 3 is 2.74 bits per heavy atom. The van der Waals surface area contributed by atoms with Crippen LogP contribution in [0.2, 0.25) is 5.15 Å². The molecule has 0 spiro atoms. The van der Waals surface area contributed by atoms with Gasteiger partial charge in [-0.05, 0) is 57.0 Å². The molecule has 4 rings (SSSR count). The third-order valence-corrected chi connectivity index (χ3v) is 8.01. The van der Waals surface area contributed by atoms with E-state index < -0.39 is 27.8 Å². The summed E-state index contributed by atoms with van der Waals surface area (Å²) in [5.74, 6) is 1.38. The number of fused-ring (bicyclic) bond motifs is 1. The molecule has 1 aliphatic rings. The molecule has 10 nitrogen and oxygen atoms in total. The second-order valence-electron chi connectivity index (χ2n) is 8.24. The Morgan fingerprint density at radius 2 is 2.06 bits per heavy atom. The van der Waals surface area contributed by atoms with E-state index in [0.29, 0.717) is 34.2 Å². The van der Waals surface area contributed by atoms with Gasteiger partial charge in [-0.15, -0.1) is 0 Å². The van der Waals surface area contributed by atoms with Crippen molar-refractivity contribution in [1.82, 2.24) is 20.3 Å². The Labute approximate surface area is 208 Å². The van der Waals surface area contributed by atoms with E-state index in [2.05, 4.69) is 29.9 Å². The zero-order valence-corrected chi connectivity index (χ0v) is 21.0. The lowest BCUT2D eigenvalue weighted by Gasteiger charge is -2.19. The number of halogens is 1. The Kier molecular flexibility index (Phi) is 7.05. The first-order valence-corrected chi connectivity index (χ1v) is 13.2. The highest BCUT2D eigenvalue weighted by molar-refractivity contribution is 7.95. The van der Waals surface area contributed by atoms with Crippen LogP contribution in [0.15, 0.2) is 35.0 Å². The lowest BCUT2D eigenvalue weighted by Crippen LogP contribution is -2.40. The largest absolute Gasteiger partial charge is 0.463 e. The van der Waals surface area contributed by atoms with Gasteiger partial charge in [-0.2, -0.15) is 14.6 Å². The Bertz CT molecular complexity index is 1450. The first-order chi connectivity index (χ1) is 16.7. The molecule has 35 heavy (non-hydrogen) atoms. The standard InChI is InChI=1S/C23H24ClN7O3S/c1-13-9-16(31-35(33)7-4-8-35)10-18-20(13)21(27-12-26-18)29-17-5-6-19(24)30-23(17)34-15(3)22(32)28-14(2)11-25/h5-6,9-10,12,14-15H,4,7-8H2,1-3H3,(H,28,32)(H,26,27,29)/t14-,15+/m0/s1. The van der Waals surface area contributed by atoms with Gasteiger partial charge in [0.2, 0.25) is 5.88 Å². The number of aryl methyl sites for hydroxylation is 1. The van der Waals surface area contributed by atoms with E-state index in [1.165, 1.54) is 6.33 Å². The quantitative estimate of drug-likeness (QED) is 0.451. The summed E-state index contributed by atoms with van der Waals surface area (Å²) in [7, 11) is -2.15. The number of nitriles is 1. The van der Waals surface area contributed by atoms with Crippen LogP contribution in [-0.4, -0.2) is 48.7 Å². The van der Waals surface area contributed by atoms with Gasteiger partial charge in [0.25, 0.3) is 5.91 Å². The third-order valence-electron chi connectivity index (χ3n) is 5.41. The van der Waals surface area contributed by atoms with E-state index in [9.17, 15) is 9.00 Å². The molecule has 1 amide bonds. The van der Waals surface area contributed by atoms with Gasteiger partial charge < -0.3 is 15.4 Å². The minimum Gasteiger partial charge on any atom is -0.463 e. The topological polar surface area (TPSA) is 142 Å². The molecule has 0 saturated carbocycles. The van der Waals surface area contributed by atoms with Gasteiger partial charge in [0.05, 0.1) is 27.0 Å². The average Bonchev–Trinajstić information content (AvgIpc) is 2.79. The zero-order valence-electron chi connectivity index (χ0n) is 19.4. The van der Waals surface area contributed by atoms with E-state index in [1.54, 1.807) is 32.0 Å². The van der Waals surface area contributed by atoms with Gasteiger partial charge in [0.15, 0.2) is 6.10 Å². The van der Waals surface area contributed by atoms with Gasteiger partial charge in [-0.25, -0.2) is 14.2 Å². The van der Waals surface area contributed by atoms with Crippen molar-refractivity contribution in [3.63, 3.8) is 0 Å². The van der Waals surface area contributed by atoms with Crippen molar-refractivity contribution in [1.29, 1.82) is 5.26 Å². The molecule has 182 valence electrons. The summed E-state index contributed by atoms with van der Waals surface area (Å²) in [4.78, 5) is 25.3. The Hall–Kier alpha value is -3.49. The molecule has 2 aromatic heterocycles. The Balaban J connectivity index is 1.65. The number of hydrogen-bond acceptors (Lipinski definition) is 9. The summed E-state index contributed by atoms with van der Waals surface area (Å²) in [6, 6.07) is 8.19. The van der Waals surface area contributed by atoms with Crippen LogP contribution in [0, 0.1) is 18.3 Å². The fourth-order valence-corrected chi connectivity index (χ4v) is 5.10. The molecule has 1 aliphatic heterocycles. The molecule has 1 saturated heterocycles. The van der Waals surface area contributed by atoms with E-state index in [-0.39, 0.29) is 11.0 Å². The second kappa shape index (κ2) is 10.0. The maximum Gasteiger partial charge on any atom is 0.261 e. The number of benzene rings is 1. The highest BCUT2D eigenvalue weighted by atomic mass is 35.5. The molecule has 12 heteroatoms. The average molecular weight is 514 g/mol. The van der Waals surface area contributed by atoms with Crippen LogP contribution >= 0.6 is 11.6 Å². The molecule has 0 bridgehead atoms. The first kappa shape index (κ1) is 24.6. The molecule has 0 radical (unpaired) electrons. The van der Waals surface area contributed by atoms with Crippen LogP contribution in [0.3, 0.4) is 0 Å². The number of ether oxygens (including phenoxy) is 1. The molecule has 3 aromatic rings. The van der Waals surface area contributed by atoms with Crippen LogP contribution in [0.5, 0.6) is 5.88 Å². The normalized spacial score (nSPS) is 15.9. The van der Waals surface area contributed by atoms with Crippen molar-refractivity contribution >= 4 is 55.3 Å². The first-order valence-electron chi connectivity index (χ1n) is 11.0. The van der Waals surface area contributed by atoms with Crippen molar-refractivity contribution in [2.75, 3.05) is 16.8 Å². The third kappa shape index (κ3) is 5.61. The maximum absolute atomic E-state index is 12.6. The number of rotatable bonds is 7. The van der Waals surface area contributed by atoms with Crippen LogP contribution in [-0.2, 0) is 14.5 Å². The van der Waals surface area contributed by atoms with E-state index in [1.807, 2.05) is 19.1 Å². The maximum atomic E-state index is 12.6. The summed E-state index contributed by atoms with van der Waals surface area (Å²) >= 11 is 6.07. The molecule has 2 N–H and O–H groups in total. The number of hydrogen-bond donors (Lipinski definition) is 2. The van der Waals surface area contributed by atoms with E-state index in [4.69, 9.17) is 21.6 Å². The second-order valence-corrected chi connectivity index (χ2v) is 11.2. The highest BCUT2D eigenvalue weighted by Gasteiger charge is 2.21. The molecule has 2 atom stereocenters. The van der Waals surface area contributed by atoms with Crippen molar-refractivity contribution in [2.45, 2.75) is 39.3 Å². The lowest BCUT2D eigenvalue weighted by atomic mass is 10.1. The molecule has 1 fully saturated rings. The number of aromatic nitrogens is 3. The number of nitrogens with zero attached hydrogens (tertiary/aromatic N) is 5. The van der Waals surface area contributed by atoms with Crippen molar-refractivity contribution in [3.8, 4) is 11.9 Å². The van der Waals surface area contributed by atoms with E-state index >= 15 is 0 Å². The zero-order chi connectivity index (χ0) is 25.2. The van der Waals surface area contributed by atoms with E-state index in [0.717, 1.165) is 17.4 Å². The predicted octanol–water partition coefficient (Wildman–Crippen LogP) is 4.03. The van der Waals surface area contributed by atoms with Crippen molar-refractivity contribution < 1.29 is 13.7 Å². The lowest BCUT2D eigenvalue weighted by molar-refractivity contribution is -0.127. The van der Waals surface area contributed by atoms with Gasteiger partial charge in [-0.3, -0.25) is 4.79 Å². The number of anilines is 2. The molecular formula is C23H24ClN7O3S. The summed E-state index contributed by atoms with van der Waals surface area (Å²) < 4.78 is 22.8. The number of amides is 1. The fraction of sp³-hybridized carbons (Fsp3) is 0.348. The van der Waals surface area contributed by atoms with Crippen LogP contribution in [0.25, 0.3) is 10.9 Å². The van der Waals surface area contributed by atoms with Crippen molar-refractivity contribution in [3.05, 3.63) is 41.3 Å². The Morgan fingerprint density at radius 1 is 1.29 bits per heavy atom. The number of nitrogens with one attached hydrogen (secondary N) is 2. The monoisotopic (exact) mass is 513 g/mol. The number of carbonyl (C=O) groups is 1. The fourth-order valence-electron chi connectivity index (χ4n) is 3.51. The van der Waals surface area contributed by atoms with Gasteiger partial charge >= 0.3 is 0 Å². The molecular weight excluding hydrogens is 490 g/mol. The minimum absolute atomic E-state index is 0.0997. The van der Waals surface area contributed by atoms with Crippen LogP contribution < -0.4 is 15.4 Å².